The zero-order valence-corrected chi connectivity index (χ0v) is 17.0. The first-order chi connectivity index (χ1) is 15.4. The predicted molar refractivity (Wildman–Crippen MR) is 113 cm³/mol. The Morgan fingerprint density at radius 2 is 1.81 bits per heavy atom. The number of phenols is 1. The van der Waals surface area contributed by atoms with Crippen LogP contribution in [0.4, 0.5) is 5.69 Å². The van der Waals surface area contributed by atoms with Gasteiger partial charge in [-0.3, -0.25) is 14.5 Å². The molecule has 1 atom stereocenters. The van der Waals surface area contributed by atoms with Crippen LogP contribution in [-0.4, -0.2) is 34.5 Å². The Morgan fingerprint density at radius 1 is 1.06 bits per heavy atom. The Labute approximate surface area is 183 Å². The number of furan rings is 1. The second kappa shape index (κ2) is 8.43. The van der Waals surface area contributed by atoms with Crippen molar-refractivity contribution in [2.24, 2.45) is 0 Å². The number of aliphatic hydroxyl groups excluding tert-OH is 1. The number of ketones is 1. The summed E-state index contributed by atoms with van der Waals surface area (Å²) < 4.78 is 10.2. The molecule has 1 unspecified atom stereocenters. The van der Waals surface area contributed by atoms with Crippen LogP contribution in [0.25, 0.3) is 0 Å². The van der Waals surface area contributed by atoms with Crippen LogP contribution in [0.2, 0.25) is 0 Å². The van der Waals surface area contributed by atoms with Crippen molar-refractivity contribution in [3.8, 4) is 5.75 Å². The molecule has 2 aromatic carbocycles. The molecule has 0 spiro atoms. The summed E-state index contributed by atoms with van der Waals surface area (Å²) in [4.78, 5) is 39.4. The second-order valence-corrected chi connectivity index (χ2v) is 7.01. The third-order valence-corrected chi connectivity index (χ3v) is 5.04. The summed E-state index contributed by atoms with van der Waals surface area (Å²) >= 11 is 0. The molecule has 1 aliphatic heterocycles. The smallest absolute Gasteiger partial charge is 0.338 e. The van der Waals surface area contributed by atoms with Crippen LogP contribution >= 0.6 is 0 Å². The Morgan fingerprint density at radius 3 is 2.44 bits per heavy atom. The van der Waals surface area contributed by atoms with Crippen molar-refractivity contribution in [2.45, 2.75) is 13.0 Å². The van der Waals surface area contributed by atoms with Gasteiger partial charge >= 0.3 is 5.97 Å². The van der Waals surface area contributed by atoms with E-state index in [4.69, 9.17) is 9.15 Å². The van der Waals surface area contributed by atoms with Crippen molar-refractivity contribution in [1.82, 2.24) is 0 Å². The molecular weight excluding hydrogens is 414 g/mol. The highest BCUT2D eigenvalue weighted by Crippen LogP contribution is 2.42. The third-order valence-electron chi connectivity index (χ3n) is 5.04. The zero-order chi connectivity index (χ0) is 22.8. The zero-order valence-electron chi connectivity index (χ0n) is 17.0. The first-order valence-electron chi connectivity index (χ1n) is 9.83. The van der Waals surface area contributed by atoms with Gasteiger partial charge in [0, 0.05) is 5.69 Å². The van der Waals surface area contributed by atoms with Crippen LogP contribution < -0.4 is 4.90 Å². The SMILES string of the molecule is CCOC(=O)c1ccc(N2C(=O)C(O)=C(C(=O)c3ccco3)C2c2cccc(O)c2)cc1. The van der Waals surface area contributed by atoms with Gasteiger partial charge in [0.2, 0.25) is 5.78 Å². The number of phenolic OH excluding ortho intramolecular Hbond substituents is 1. The summed E-state index contributed by atoms with van der Waals surface area (Å²) in [5, 5.41) is 20.6. The molecule has 0 saturated heterocycles. The molecule has 0 bridgehead atoms. The molecule has 0 fully saturated rings. The van der Waals surface area contributed by atoms with Crippen molar-refractivity contribution in [3.63, 3.8) is 0 Å². The van der Waals surface area contributed by atoms with E-state index in [9.17, 15) is 24.6 Å². The molecule has 4 rings (SSSR count). The van der Waals surface area contributed by atoms with Gasteiger partial charge in [0.05, 0.1) is 30.0 Å². The number of aliphatic hydroxyl groups is 1. The van der Waals surface area contributed by atoms with Crippen molar-refractivity contribution < 1.29 is 33.8 Å². The first kappa shape index (κ1) is 20.9. The molecule has 32 heavy (non-hydrogen) atoms. The maximum Gasteiger partial charge on any atom is 0.338 e. The van der Waals surface area contributed by atoms with E-state index in [1.54, 1.807) is 19.1 Å². The second-order valence-electron chi connectivity index (χ2n) is 7.01. The number of hydrogen-bond donors (Lipinski definition) is 2. The van der Waals surface area contributed by atoms with E-state index in [0.29, 0.717) is 16.8 Å². The Kier molecular flexibility index (Phi) is 5.51. The van der Waals surface area contributed by atoms with Gasteiger partial charge in [0.25, 0.3) is 5.91 Å². The fraction of sp³-hybridized carbons (Fsp3) is 0.125. The van der Waals surface area contributed by atoms with E-state index in [0.717, 1.165) is 0 Å². The Hall–Kier alpha value is -4.33. The maximum absolute atomic E-state index is 13.1. The van der Waals surface area contributed by atoms with Crippen LogP contribution in [0.1, 0.15) is 39.4 Å². The Balaban J connectivity index is 1.80. The number of aromatic hydroxyl groups is 1. The molecule has 162 valence electrons. The van der Waals surface area contributed by atoms with E-state index in [2.05, 4.69) is 0 Å². The minimum Gasteiger partial charge on any atom is -0.508 e. The lowest BCUT2D eigenvalue weighted by molar-refractivity contribution is -0.117. The number of rotatable bonds is 6. The average molecular weight is 433 g/mol. The van der Waals surface area contributed by atoms with Gasteiger partial charge in [-0.2, -0.15) is 0 Å². The lowest BCUT2D eigenvalue weighted by Gasteiger charge is -2.27. The van der Waals surface area contributed by atoms with Crippen molar-refractivity contribution >= 4 is 23.3 Å². The minimum atomic E-state index is -1.03. The molecule has 0 aliphatic carbocycles. The summed E-state index contributed by atoms with van der Waals surface area (Å²) in [5.74, 6) is -2.77. The van der Waals surface area contributed by atoms with E-state index in [-0.39, 0.29) is 23.7 Å². The summed E-state index contributed by atoms with van der Waals surface area (Å²) in [6, 6.07) is 14.0. The lowest BCUT2D eigenvalue weighted by atomic mass is 9.94. The third kappa shape index (κ3) is 3.62. The van der Waals surface area contributed by atoms with Crippen LogP contribution in [0.15, 0.2) is 82.7 Å². The molecule has 3 aromatic rings. The quantitative estimate of drug-likeness (QED) is 0.446. The van der Waals surface area contributed by atoms with Crippen molar-refractivity contribution in [1.29, 1.82) is 0 Å². The number of esters is 1. The number of anilines is 1. The lowest BCUT2D eigenvalue weighted by Crippen LogP contribution is -2.31. The normalized spacial score (nSPS) is 15.8. The van der Waals surface area contributed by atoms with Gasteiger partial charge in [-0.25, -0.2) is 4.79 Å². The summed E-state index contributed by atoms with van der Waals surface area (Å²) in [5.41, 5.74) is 0.863. The molecule has 1 aliphatic rings. The molecule has 2 N–H and O–H groups in total. The van der Waals surface area contributed by atoms with Gasteiger partial charge in [-0.1, -0.05) is 12.1 Å². The van der Waals surface area contributed by atoms with Crippen LogP contribution in [0.5, 0.6) is 5.75 Å². The van der Waals surface area contributed by atoms with Crippen LogP contribution in [-0.2, 0) is 9.53 Å². The number of ether oxygens (including phenoxy) is 1. The average Bonchev–Trinajstić information content (AvgIpc) is 3.41. The van der Waals surface area contributed by atoms with Crippen molar-refractivity contribution in [2.75, 3.05) is 11.5 Å². The number of nitrogens with zero attached hydrogens (tertiary/aromatic N) is 1. The number of Topliss-reactive ketones (excluding diaryl/α,β-unsaturated/α-hetero) is 1. The van der Waals surface area contributed by atoms with Crippen LogP contribution in [0, 0.1) is 0 Å². The highest BCUT2D eigenvalue weighted by atomic mass is 16.5. The molecule has 0 radical (unpaired) electrons. The first-order valence-corrected chi connectivity index (χ1v) is 9.83. The van der Waals surface area contributed by atoms with Gasteiger partial charge in [0.15, 0.2) is 11.5 Å². The molecule has 8 heteroatoms. The number of carbonyl (C=O) groups excluding carboxylic acids is 3. The molecule has 1 aromatic heterocycles. The molecule has 8 nitrogen and oxygen atoms in total. The number of benzene rings is 2. The summed E-state index contributed by atoms with van der Waals surface area (Å²) in [6.07, 6.45) is 1.32. The molecule has 0 saturated carbocycles. The highest BCUT2D eigenvalue weighted by molar-refractivity contribution is 6.20. The van der Waals surface area contributed by atoms with E-state index >= 15 is 0 Å². The van der Waals surface area contributed by atoms with Gasteiger partial charge in [-0.05, 0) is 61.0 Å². The van der Waals surface area contributed by atoms with E-state index in [1.165, 1.54) is 59.7 Å². The van der Waals surface area contributed by atoms with Crippen LogP contribution in [0.3, 0.4) is 0 Å². The minimum absolute atomic E-state index is 0.0380. The largest absolute Gasteiger partial charge is 0.508 e. The summed E-state index contributed by atoms with van der Waals surface area (Å²) in [6.45, 7) is 1.92. The van der Waals surface area contributed by atoms with Gasteiger partial charge < -0.3 is 19.4 Å². The van der Waals surface area contributed by atoms with Crippen molar-refractivity contribution in [3.05, 3.63) is 95.1 Å². The van der Waals surface area contributed by atoms with E-state index < -0.39 is 29.5 Å². The topological polar surface area (TPSA) is 117 Å². The molecule has 2 heterocycles. The predicted octanol–water partition coefficient (Wildman–Crippen LogP) is 3.94. The fourth-order valence-corrected chi connectivity index (χ4v) is 3.63. The Bertz CT molecular complexity index is 1210. The maximum atomic E-state index is 13.1. The van der Waals surface area contributed by atoms with Gasteiger partial charge in [-0.15, -0.1) is 0 Å². The summed E-state index contributed by atoms with van der Waals surface area (Å²) in [7, 11) is 0. The fourth-order valence-electron chi connectivity index (χ4n) is 3.63. The van der Waals surface area contributed by atoms with E-state index in [1.807, 2.05) is 0 Å². The number of hydrogen-bond acceptors (Lipinski definition) is 7. The number of carbonyl (C=O) groups is 3. The van der Waals surface area contributed by atoms with Gasteiger partial charge in [0.1, 0.15) is 5.75 Å². The number of amides is 1. The standard InChI is InChI=1S/C24H19NO7/c1-2-31-24(30)14-8-10-16(11-9-14)25-20(15-5-3-6-17(26)13-15)19(22(28)23(25)29)21(27)18-7-4-12-32-18/h3-13,20,26,28H,2H2,1H3. The monoisotopic (exact) mass is 433 g/mol. The molecular formula is C24H19NO7. The molecule has 1 amide bonds. The highest BCUT2D eigenvalue weighted by Gasteiger charge is 2.45.